The van der Waals surface area contributed by atoms with Crippen LogP contribution in [-0.2, 0) is 6.54 Å². The zero-order valence-corrected chi connectivity index (χ0v) is 21.2. The zero-order chi connectivity index (χ0) is 26.6. The molecule has 1 amide bonds. The largest absolute Gasteiger partial charge is 0.433 e. The molecule has 0 radical (unpaired) electrons. The van der Waals surface area contributed by atoms with Crippen LogP contribution in [0.3, 0.4) is 0 Å². The van der Waals surface area contributed by atoms with Crippen LogP contribution in [0.25, 0.3) is 11.1 Å². The maximum atomic E-state index is 12.9. The van der Waals surface area contributed by atoms with Gasteiger partial charge < -0.3 is 25.6 Å². The van der Waals surface area contributed by atoms with Crippen molar-refractivity contribution in [3.05, 3.63) is 59.7 Å². The van der Waals surface area contributed by atoms with Crippen LogP contribution >= 0.6 is 0 Å². The number of benzene rings is 1. The Balaban J connectivity index is 1.36. The Morgan fingerprint density at radius 2 is 2.00 bits per heavy atom. The Morgan fingerprint density at radius 3 is 2.76 bits per heavy atom. The van der Waals surface area contributed by atoms with Crippen LogP contribution in [-0.4, -0.2) is 78.3 Å². The molecule has 10 nitrogen and oxygen atoms in total. The lowest BCUT2D eigenvalue weighted by atomic mass is 10.0. The molecule has 12 heteroatoms. The summed E-state index contributed by atoms with van der Waals surface area (Å²) >= 11 is 0. The summed E-state index contributed by atoms with van der Waals surface area (Å²) in [7, 11) is 1.55. The van der Waals surface area contributed by atoms with Crippen molar-refractivity contribution in [3.8, 4) is 16.9 Å². The molecule has 2 saturated heterocycles. The van der Waals surface area contributed by atoms with Gasteiger partial charge in [0.1, 0.15) is 11.4 Å². The van der Waals surface area contributed by atoms with Gasteiger partial charge in [-0.2, -0.15) is 8.78 Å². The van der Waals surface area contributed by atoms with Crippen LogP contribution in [0.2, 0.25) is 0 Å². The van der Waals surface area contributed by atoms with Gasteiger partial charge in [0.25, 0.3) is 5.91 Å². The second-order valence-electron chi connectivity index (χ2n) is 9.27. The normalized spacial score (nSPS) is 17.4. The number of piperazine rings is 1. The summed E-state index contributed by atoms with van der Waals surface area (Å²) in [6.07, 6.45) is 3.55. The lowest BCUT2D eigenvalue weighted by molar-refractivity contribution is -0.0507. The van der Waals surface area contributed by atoms with Crippen LogP contribution in [0.15, 0.2) is 42.7 Å². The van der Waals surface area contributed by atoms with Gasteiger partial charge in [0.05, 0.1) is 12.1 Å². The van der Waals surface area contributed by atoms with Crippen molar-refractivity contribution in [2.45, 2.75) is 26.1 Å². The SMILES string of the molecule is CNC(=O)c1ccc(-c2cnc(N3CCN4CNC[C@H]4C3)nc2)cc1NCc1nc(C)ccc1OC(F)F. The smallest absolute Gasteiger partial charge is 0.387 e. The zero-order valence-electron chi connectivity index (χ0n) is 21.2. The molecule has 200 valence electrons. The number of pyridine rings is 1. The summed E-state index contributed by atoms with van der Waals surface area (Å²) in [5.74, 6) is 0.388. The molecule has 2 fully saturated rings. The Hall–Kier alpha value is -3.90. The first-order chi connectivity index (χ1) is 18.4. The van der Waals surface area contributed by atoms with E-state index in [1.807, 2.05) is 12.1 Å². The summed E-state index contributed by atoms with van der Waals surface area (Å²) in [5, 5.41) is 9.20. The third-order valence-electron chi connectivity index (χ3n) is 6.78. The first kappa shape index (κ1) is 25.7. The van der Waals surface area contributed by atoms with E-state index in [0.29, 0.717) is 34.6 Å². The highest BCUT2D eigenvalue weighted by Gasteiger charge is 2.31. The fourth-order valence-electron chi connectivity index (χ4n) is 4.79. The fourth-order valence-corrected chi connectivity index (χ4v) is 4.79. The van der Waals surface area contributed by atoms with E-state index in [1.54, 1.807) is 38.5 Å². The predicted octanol–water partition coefficient (Wildman–Crippen LogP) is 2.47. The first-order valence-corrected chi connectivity index (χ1v) is 12.4. The number of amides is 1. The molecule has 0 aliphatic carbocycles. The lowest BCUT2D eigenvalue weighted by Crippen LogP contribution is -2.51. The van der Waals surface area contributed by atoms with E-state index in [2.05, 4.69) is 45.4 Å². The van der Waals surface area contributed by atoms with E-state index in [1.165, 1.54) is 6.07 Å². The number of aryl methyl sites for hydroxylation is 1. The van der Waals surface area contributed by atoms with Gasteiger partial charge in [0.15, 0.2) is 0 Å². The molecule has 1 aromatic carbocycles. The van der Waals surface area contributed by atoms with Gasteiger partial charge in [0, 0.05) is 75.3 Å². The van der Waals surface area contributed by atoms with Gasteiger partial charge in [-0.25, -0.2) is 9.97 Å². The number of hydrogen-bond donors (Lipinski definition) is 3. The molecule has 4 heterocycles. The number of fused-ring (bicyclic) bond motifs is 1. The average molecular weight is 525 g/mol. The molecule has 0 spiro atoms. The molecule has 5 rings (SSSR count). The Kier molecular flexibility index (Phi) is 7.61. The second-order valence-corrected chi connectivity index (χ2v) is 9.27. The first-order valence-electron chi connectivity index (χ1n) is 12.4. The van der Waals surface area contributed by atoms with Crippen molar-refractivity contribution in [2.24, 2.45) is 0 Å². The molecule has 3 N–H and O–H groups in total. The second kappa shape index (κ2) is 11.2. The van der Waals surface area contributed by atoms with E-state index >= 15 is 0 Å². The van der Waals surface area contributed by atoms with E-state index < -0.39 is 6.61 Å². The van der Waals surface area contributed by atoms with Gasteiger partial charge in [0.2, 0.25) is 5.95 Å². The van der Waals surface area contributed by atoms with Gasteiger partial charge in [-0.15, -0.1) is 0 Å². The standard InChI is InChI=1S/C26H30F2N8O2/c1-16-3-6-23(38-25(27)28)22(34-16)13-31-21-9-17(4-5-20(21)24(37)29-2)18-10-32-26(33-11-18)35-7-8-36-15-30-12-19(36)14-35/h3-6,9-11,19,25,30-31H,7-8,12-15H2,1-2H3,(H,29,37)/t19-/m0/s1. The van der Waals surface area contributed by atoms with E-state index in [0.717, 1.165) is 44.0 Å². The van der Waals surface area contributed by atoms with Crippen LogP contribution < -0.4 is 25.6 Å². The number of carbonyl (C=O) groups is 1. The maximum absolute atomic E-state index is 12.9. The number of nitrogens with one attached hydrogen (secondary N) is 3. The number of aromatic nitrogens is 3. The molecular weight excluding hydrogens is 494 g/mol. The Morgan fingerprint density at radius 1 is 1.18 bits per heavy atom. The minimum Gasteiger partial charge on any atom is -0.433 e. The highest BCUT2D eigenvalue weighted by atomic mass is 19.3. The molecule has 0 unspecified atom stereocenters. The summed E-state index contributed by atoms with van der Waals surface area (Å²) in [5.41, 5.74) is 3.48. The molecule has 0 saturated carbocycles. The van der Waals surface area contributed by atoms with Gasteiger partial charge in [-0.05, 0) is 36.8 Å². The molecule has 2 aliphatic heterocycles. The quantitative estimate of drug-likeness (QED) is 0.410. The molecule has 3 aromatic rings. The highest BCUT2D eigenvalue weighted by Crippen LogP contribution is 2.28. The van der Waals surface area contributed by atoms with E-state index in [9.17, 15) is 13.6 Å². The molecular formula is C26H30F2N8O2. The number of rotatable bonds is 8. The van der Waals surface area contributed by atoms with Crippen molar-refractivity contribution in [3.63, 3.8) is 0 Å². The van der Waals surface area contributed by atoms with Crippen LogP contribution in [0.1, 0.15) is 21.7 Å². The number of ether oxygens (including phenoxy) is 1. The van der Waals surface area contributed by atoms with Crippen LogP contribution in [0.4, 0.5) is 20.4 Å². The van der Waals surface area contributed by atoms with Crippen molar-refractivity contribution < 1.29 is 18.3 Å². The average Bonchev–Trinajstić information content (AvgIpc) is 3.40. The van der Waals surface area contributed by atoms with Gasteiger partial charge >= 0.3 is 6.61 Å². The number of halogens is 2. The molecule has 1 atom stereocenters. The van der Waals surface area contributed by atoms with Crippen LogP contribution in [0, 0.1) is 6.92 Å². The number of alkyl halides is 2. The van der Waals surface area contributed by atoms with Crippen molar-refractivity contribution in [2.75, 3.05) is 50.1 Å². The summed E-state index contributed by atoms with van der Waals surface area (Å²) in [4.78, 5) is 30.7. The van der Waals surface area contributed by atoms with E-state index in [-0.39, 0.29) is 18.2 Å². The minimum absolute atomic E-state index is 0.0195. The minimum atomic E-state index is -2.97. The maximum Gasteiger partial charge on any atom is 0.387 e. The third-order valence-corrected chi connectivity index (χ3v) is 6.78. The predicted molar refractivity (Wildman–Crippen MR) is 139 cm³/mol. The number of carbonyl (C=O) groups excluding carboxylic acids is 1. The van der Waals surface area contributed by atoms with Gasteiger partial charge in [-0.3, -0.25) is 14.7 Å². The Bertz CT molecular complexity index is 1290. The lowest BCUT2D eigenvalue weighted by Gasteiger charge is -2.36. The molecule has 38 heavy (non-hydrogen) atoms. The summed E-state index contributed by atoms with van der Waals surface area (Å²) < 4.78 is 30.4. The topological polar surface area (TPSA) is 108 Å². The third kappa shape index (κ3) is 5.65. The number of nitrogens with zero attached hydrogens (tertiary/aromatic N) is 5. The Labute approximate surface area is 219 Å². The van der Waals surface area contributed by atoms with E-state index in [4.69, 9.17) is 0 Å². The molecule has 2 aliphatic rings. The van der Waals surface area contributed by atoms with Crippen molar-refractivity contribution >= 4 is 17.5 Å². The highest BCUT2D eigenvalue weighted by molar-refractivity contribution is 6.00. The number of anilines is 2. The van der Waals surface area contributed by atoms with Crippen molar-refractivity contribution in [1.29, 1.82) is 0 Å². The van der Waals surface area contributed by atoms with Crippen molar-refractivity contribution in [1.82, 2.24) is 30.5 Å². The summed E-state index contributed by atoms with van der Waals surface area (Å²) in [6.45, 7) is 3.50. The monoisotopic (exact) mass is 524 g/mol. The van der Waals surface area contributed by atoms with Crippen LogP contribution in [0.5, 0.6) is 5.75 Å². The summed E-state index contributed by atoms with van der Waals surface area (Å²) in [6, 6.07) is 8.88. The molecule has 0 bridgehead atoms. The number of hydrogen-bond acceptors (Lipinski definition) is 9. The molecule has 2 aromatic heterocycles. The fraction of sp³-hybridized carbons (Fsp3) is 0.385. The van der Waals surface area contributed by atoms with Gasteiger partial charge in [-0.1, -0.05) is 6.07 Å².